The van der Waals surface area contributed by atoms with Crippen molar-refractivity contribution >= 4 is 17.1 Å². The molecule has 1 aliphatic heterocycles. The van der Waals surface area contributed by atoms with Crippen LogP contribution in [0.15, 0.2) is 30.3 Å². The van der Waals surface area contributed by atoms with Gasteiger partial charge in [0.05, 0.1) is 15.7 Å². The quantitative estimate of drug-likeness (QED) is 0.790. The van der Waals surface area contributed by atoms with Crippen molar-refractivity contribution in [1.29, 1.82) is 0 Å². The lowest BCUT2D eigenvalue weighted by Crippen LogP contribution is -2.46. The van der Waals surface area contributed by atoms with Crippen LogP contribution >= 0.6 is 0 Å². The van der Waals surface area contributed by atoms with Crippen molar-refractivity contribution in [2.24, 2.45) is 23.5 Å². The maximum absolute atomic E-state index is 12.3. The molecule has 1 saturated heterocycles. The predicted molar refractivity (Wildman–Crippen MR) is 103 cm³/mol. The number of fused-ring (bicyclic) bond motifs is 1. The van der Waals surface area contributed by atoms with E-state index >= 15 is 0 Å². The van der Waals surface area contributed by atoms with Gasteiger partial charge in [-0.25, -0.2) is 13.7 Å². The lowest BCUT2D eigenvalue weighted by molar-refractivity contribution is 0.0980. The van der Waals surface area contributed by atoms with Gasteiger partial charge in [0, 0.05) is 25.7 Å². The van der Waals surface area contributed by atoms with Crippen LogP contribution < -0.4 is 10.5 Å². The van der Waals surface area contributed by atoms with E-state index in [9.17, 15) is 9.00 Å². The van der Waals surface area contributed by atoms with Crippen LogP contribution in [0.3, 0.4) is 0 Å². The monoisotopic (exact) mass is 379 g/mol. The van der Waals surface area contributed by atoms with Crippen LogP contribution in [0.1, 0.15) is 26.3 Å². The summed E-state index contributed by atoms with van der Waals surface area (Å²) < 4.78 is 20.6. The highest BCUT2D eigenvalue weighted by Crippen LogP contribution is 2.53. The molecular formula is C19H29N3O3S. The summed E-state index contributed by atoms with van der Waals surface area (Å²) in [5, 5.41) is 0. The summed E-state index contributed by atoms with van der Waals surface area (Å²) in [5.74, 6) is 1.25. The summed E-state index contributed by atoms with van der Waals surface area (Å²) in [6.07, 6.45) is -0.254. The molecule has 6 nitrogen and oxygen atoms in total. The Balaban J connectivity index is 1.46. The van der Waals surface area contributed by atoms with Gasteiger partial charge in [-0.1, -0.05) is 30.3 Å². The Kier molecular flexibility index (Phi) is 5.69. The van der Waals surface area contributed by atoms with Crippen molar-refractivity contribution in [1.82, 2.24) is 9.62 Å². The molecule has 0 bridgehead atoms. The van der Waals surface area contributed by atoms with Gasteiger partial charge in [0.25, 0.3) is 0 Å². The molecule has 0 radical (unpaired) electrons. The molecule has 1 amide bonds. The number of ether oxygens (including phenoxy) is 1. The summed E-state index contributed by atoms with van der Waals surface area (Å²) in [6.45, 7) is 7.99. The zero-order valence-electron chi connectivity index (χ0n) is 15.7. The van der Waals surface area contributed by atoms with Crippen molar-refractivity contribution in [3.63, 3.8) is 0 Å². The maximum Gasteiger partial charge on any atom is 0.410 e. The molecule has 0 spiro atoms. The fraction of sp³-hybridized carbons (Fsp3) is 0.632. The summed E-state index contributed by atoms with van der Waals surface area (Å²) in [6, 6.07) is 9.72. The zero-order valence-corrected chi connectivity index (χ0v) is 16.5. The molecule has 1 aromatic carbocycles. The number of carbonyl (C=O) groups excluding carboxylic acids is 1. The summed E-state index contributed by atoms with van der Waals surface area (Å²) in [7, 11) is -1.13. The largest absolute Gasteiger partial charge is 0.445 e. The van der Waals surface area contributed by atoms with Gasteiger partial charge in [0.15, 0.2) is 0 Å². The summed E-state index contributed by atoms with van der Waals surface area (Å²) >= 11 is 0. The van der Waals surface area contributed by atoms with Crippen molar-refractivity contribution in [3.8, 4) is 0 Å². The topological polar surface area (TPSA) is 84.7 Å². The number of likely N-dealkylation sites (tertiary alicyclic amines) is 1. The second kappa shape index (κ2) is 7.66. The highest BCUT2D eigenvalue weighted by Gasteiger charge is 2.59. The number of piperidine rings is 1. The van der Waals surface area contributed by atoms with Crippen LogP contribution in [-0.2, 0) is 22.3 Å². The molecule has 1 saturated carbocycles. The summed E-state index contributed by atoms with van der Waals surface area (Å²) in [4.78, 5) is 14.0. The number of hydrogen-bond donors (Lipinski definition) is 2. The number of rotatable bonds is 6. The third-order valence-electron chi connectivity index (χ3n) is 5.26. The molecule has 144 valence electrons. The fourth-order valence-corrected chi connectivity index (χ4v) is 4.61. The number of nitrogens with two attached hydrogens (primary N) is 1. The van der Waals surface area contributed by atoms with E-state index in [-0.39, 0.29) is 16.9 Å². The Labute approximate surface area is 158 Å². The van der Waals surface area contributed by atoms with E-state index in [4.69, 9.17) is 10.5 Å². The Hall–Kier alpha value is -1.44. The number of carbonyl (C=O) groups is 1. The molecule has 1 aromatic rings. The first kappa shape index (κ1) is 19.3. The first-order valence-electron chi connectivity index (χ1n) is 9.15. The van der Waals surface area contributed by atoms with E-state index in [0.717, 1.165) is 5.56 Å². The molecule has 2 fully saturated rings. The molecule has 1 aliphatic carbocycles. The van der Waals surface area contributed by atoms with Crippen LogP contribution in [-0.4, -0.2) is 45.6 Å². The van der Waals surface area contributed by atoms with Crippen molar-refractivity contribution in [2.75, 3.05) is 19.6 Å². The van der Waals surface area contributed by atoms with E-state index in [2.05, 4.69) is 4.72 Å². The zero-order chi connectivity index (χ0) is 18.9. The minimum absolute atomic E-state index is 0.0348. The molecule has 2 aliphatic rings. The van der Waals surface area contributed by atoms with E-state index in [1.165, 1.54) is 0 Å². The van der Waals surface area contributed by atoms with Crippen molar-refractivity contribution in [3.05, 3.63) is 35.9 Å². The molecule has 26 heavy (non-hydrogen) atoms. The van der Waals surface area contributed by atoms with Gasteiger partial charge in [-0.15, -0.1) is 0 Å². The fourth-order valence-electron chi connectivity index (χ4n) is 3.73. The number of nitrogens with one attached hydrogen (secondary N) is 1. The highest BCUT2D eigenvalue weighted by molar-refractivity contribution is 7.84. The third-order valence-corrected chi connectivity index (χ3v) is 6.89. The van der Waals surface area contributed by atoms with Gasteiger partial charge >= 0.3 is 6.09 Å². The predicted octanol–water partition coefficient (Wildman–Crippen LogP) is 1.88. The first-order chi connectivity index (χ1) is 12.3. The van der Waals surface area contributed by atoms with Gasteiger partial charge < -0.3 is 15.4 Å². The number of benzene rings is 1. The molecule has 3 N–H and O–H groups in total. The van der Waals surface area contributed by atoms with Crippen LogP contribution in [0.25, 0.3) is 0 Å². The normalized spacial score (nSPS) is 26.9. The minimum atomic E-state index is -1.13. The second-order valence-electron chi connectivity index (χ2n) is 8.19. The molecular weight excluding hydrogens is 350 g/mol. The number of hydrogen-bond acceptors (Lipinski definition) is 4. The molecule has 4 atom stereocenters. The molecule has 3 unspecified atom stereocenters. The van der Waals surface area contributed by atoms with Crippen molar-refractivity contribution in [2.45, 2.75) is 38.2 Å². The number of amides is 1. The minimum Gasteiger partial charge on any atom is -0.445 e. The van der Waals surface area contributed by atoms with Gasteiger partial charge in [-0.2, -0.15) is 0 Å². The van der Waals surface area contributed by atoms with Gasteiger partial charge in [-0.3, -0.25) is 0 Å². The smallest absolute Gasteiger partial charge is 0.410 e. The van der Waals surface area contributed by atoms with Crippen molar-refractivity contribution < 1.29 is 13.7 Å². The third kappa shape index (κ3) is 4.27. The van der Waals surface area contributed by atoms with E-state index in [1.807, 2.05) is 51.1 Å². The first-order valence-corrected chi connectivity index (χ1v) is 10.3. The number of nitrogens with zero attached hydrogens (tertiary/aromatic N) is 1. The maximum atomic E-state index is 12.3. The molecule has 0 aromatic heterocycles. The lowest BCUT2D eigenvalue weighted by Gasteiger charge is -2.26. The Morgan fingerprint density at radius 1 is 1.31 bits per heavy atom. The standard InChI is InChI=1S/C19H29N3O3S/c1-19(2,3)26(24)21-16(9-20)17-14-10-22(11-15(14)17)18(23)25-12-13-7-5-4-6-8-13/h4-8,14-17,21H,9-12,20H2,1-3H3/t14?,15?,16-,17?,26?/m0/s1. The van der Waals surface area contributed by atoms with Crippen LogP contribution in [0.5, 0.6) is 0 Å². The van der Waals surface area contributed by atoms with Crippen LogP contribution in [0.4, 0.5) is 4.79 Å². The van der Waals surface area contributed by atoms with Crippen LogP contribution in [0, 0.1) is 17.8 Å². The van der Waals surface area contributed by atoms with E-state index in [1.54, 1.807) is 4.90 Å². The van der Waals surface area contributed by atoms with Crippen LogP contribution in [0.2, 0.25) is 0 Å². The molecule has 1 heterocycles. The average molecular weight is 380 g/mol. The van der Waals surface area contributed by atoms with Gasteiger partial charge in [-0.05, 0) is 44.1 Å². The second-order valence-corrected chi connectivity index (χ2v) is 10.2. The molecule has 7 heteroatoms. The average Bonchev–Trinajstić information content (AvgIpc) is 3.09. The van der Waals surface area contributed by atoms with Gasteiger partial charge in [0.2, 0.25) is 0 Å². The summed E-state index contributed by atoms with van der Waals surface area (Å²) in [5.41, 5.74) is 6.90. The van der Waals surface area contributed by atoms with Gasteiger partial charge in [0.1, 0.15) is 6.61 Å². The van der Waals surface area contributed by atoms with E-state index < -0.39 is 11.0 Å². The Morgan fingerprint density at radius 3 is 2.46 bits per heavy atom. The SMILES string of the molecule is CC(C)(C)S(=O)N[C@@H](CN)C1C2CN(C(=O)OCc3ccccc3)CC21. The highest BCUT2D eigenvalue weighted by atomic mass is 32.2. The Morgan fingerprint density at radius 2 is 1.92 bits per heavy atom. The lowest BCUT2D eigenvalue weighted by atomic mass is 10.1. The van der Waals surface area contributed by atoms with E-state index in [0.29, 0.717) is 44.0 Å². The molecule has 3 rings (SSSR count). The Bertz CT molecular complexity index is 650.